The summed E-state index contributed by atoms with van der Waals surface area (Å²) < 4.78 is 0. The molecular formula is C17H17NO. The normalized spacial score (nSPS) is 18.2. The van der Waals surface area contributed by atoms with Gasteiger partial charge in [-0.3, -0.25) is 9.78 Å². The average molecular weight is 251 g/mol. The maximum atomic E-state index is 12.5. The number of carbonyl (C=O) groups excluding carboxylic acids is 1. The van der Waals surface area contributed by atoms with Gasteiger partial charge in [-0.15, -0.1) is 0 Å². The Morgan fingerprint density at radius 1 is 1.16 bits per heavy atom. The summed E-state index contributed by atoms with van der Waals surface area (Å²) in [7, 11) is 0. The van der Waals surface area contributed by atoms with Crippen LogP contribution in [0.5, 0.6) is 0 Å². The first kappa shape index (κ1) is 12.1. The van der Waals surface area contributed by atoms with Crippen molar-refractivity contribution in [3.63, 3.8) is 0 Å². The summed E-state index contributed by atoms with van der Waals surface area (Å²) in [4.78, 5) is 17.0. The van der Waals surface area contributed by atoms with Crippen LogP contribution in [0.3, 0.4) is 0 Å². The highest BCUT2D eigenvalue weighted by Crippen LogP contribution is 2.27. The van der Waals surface area contributed by atoms with E-state index >= 15 is 0 Å². The van der Waals surface area contributed by atoms with Crippen molar-refractivity contribution < 1.29 is 4.79 Å². The maximum absolute atomic E-state index is 12.5. The lowest BCUT2D eigenvalue weighted by molar-refractivity contribution is 0.0900. The quantitative estimate of drug-likeness (QED) is 0.819. The highest BCUT2D eigenvalue weighted by atomic mass is 16.1. The molecule has 0 aliphatic heterocycles. The smallest absolute Gasteiger partial charge is 0.166 e. The van der Waals surface area contributed by atoms with Crippen molar-refractivity contribution in [1.82, 2.24) is 4.98 Å². The molecule has 2 heteroatoms. The molecule has 1 atom stereocenters. The lowest BCUT2D eigenvalue weighted by Crippen LogP contribution is -2.24. The van der Waals surface area contributed by atoms with E-state index in [9.17, 15) is 4.79 Å². The molecule has 1 aliphatic carbocycles. The van der Waals surface area contributed by atoms with Gasteiger partial charge in [0.1, 0.15) is 0 Å². The number of hydrogen-bond acceptors (Lipinski definition) is 2. The van der Waals surface area contributed by atoms with Gasteiger partial charge < -0.3 is 0 Å². The Kier molecular flexibility index (Phi) is 3.16. The number of aromatic nitrogens is 1. The number of ketones is 1. The number of pyridine rings is 1. The van der Waals surface area contributed by atoms with Crippen LogP contribution in [0.1, 0.15) is 33.7 Å². The zero-order chi connectivity index (χ0) is 13.2. The van der Waals surface area contributed by atoms with E-state index in [1.165, 1.54) is 5.56 Å². The molecule has 0 bridgehead atoms. The Morgan fingerprint density at radius 3 is 2.84 bits per heavy atom. The molecule has 1 aromatic heterocycles. The zero-order valence-corrected chi connectivity index (χ0v) is 11.1. The monoisotopic (exact) mass is 251 g/mol. The molecule has 0 saturated carbocycles. The second-order valence-electron chi connectivity index (χ2n) is 5.23. The summed E-state index contributed by atoms with van der Waals surface area (Å²) in [6, 6.07) is 14.0. The topological polar surface area (TPSA) is 30.0 Å². The van der Waals surface area contributed by atoms with Gasteiger partial charge in [-0.25, -0.2) is 0 Å². The number of hydrogen-bond donors (Lipinski definition) is 0. The van der Waals surface area contributed by atoms with Gasteiger partial charge in [0.25, 0.3) is 0 Å². The third kappa shape index (κ3) is 2.43. The first-order valence-electron chi connectivity index (χ1n) is 6.78. The fraction of sp³-hybridized carbons (Fsp3) is 0.294. The van der Waals surface area contributed by atoms with Crippen LogP contribution in [0.2, 0.25) is 0 Å². The summed E-state index contributed by atoms with van der Waals surface area (Å²) >= 11 is 0. The van der Waals surface area contributed by atoms with Gasteiger partial charge >= 0.3 is 0 Å². The molecule has 0 amide bonds. The van der Waals surface area contributed by atoms with Crippen LogP contribution in [-0.2, 0) is 12.8 Å². The summed E-state index contributed by atoms with van der Waals surface area (Å²) in [6.45, 7) is 1.99. The van der Waals surface area contributed by atoms with Gasteiger partial charge in [0.2, 0.25) is 0 Å². The van der Waals surface area contributed by atoms with E-state index in [0.29, 0.717) is 0 Å². The van der Waals surface area contributed by atoms with Crippen LogP contribution in [0.15, 0.2) is 42.5 Å². The van der Waals surface area contributed by atoms with Crippen LogP contribution >= 0.6 is 0 Å². The standard InChI is InChI=1S/C17H17NO/c1-12-5-4-7-15(18-12)11-14-10-9-13-6-2-3-8-16(13)17(14)19/h2-8,14H,9-11H2,1H3. The Labute approximate surface area is 113 Å². The van der Waals surface area contributed by atoms with E-state index in [2.05, 4.69) is 11.1 Å². The molecule has 1 unspecified atom stereocenters. The number of fused-ring (bicyclic) bond motifs is 1. The Morgan fingerprint density at radius 2 is 2.00 bits per heavy atom. The molecule has 0 fully saturated rings. The van der Waals surface area contributed by atoms with E-state index in [-0.39, 0.29) is 11.7 Å². The van der Waals surface area contributed by atoms with Crippen LogP contribution < -0.4 is 0 Å². The first-order valence-corrected chi connectivity index (χ1v) is 6.78. The predicted octanol–water partition coefficient (Wildman–Crippen LogP) is 3.38. The van der Waals surface area contributed by atoms with Crippen molar-refractivity contribution in [3.8, 4) is 0 Å². The minimum absolute atomic E-state index is 0.0872. The van der Waals surface area contributed by atoms with E-state index in [1.54, 1.807) is 0 Å². The number of aryl methyl sites for hydroxylation is 2. The molecule has 2 aromatic rings. The summed E-state index contributed by atoms with van der Waals surface area (Å²) in [5.74, 6) is 0.370. The maximum Gasteiger partial charge on any atom is 0.166 e. The van der Waals surface area contributed by atoms with Gasteiger partial charge in [0.05, 0.1) is 0 Å². The minimum Gasteiger partial charge on any atom is -0.294 e. The van der Waals surface area contributed by atoms with Gasteiger partial charge in [0.15, 0.2) is 5.78 Å². The molecule has 3 rings (SSSR count). The molecule has 96 valence electrons. The highest BCUT2D eigenvalue weighted by molar-refractivity contribution is 6.00. The minimum atomic E-state index is 0.0872. The molecule has 0 radical (unpaired) electrons. The SMILES string of the molecule is Cc1cccc(CC2CCc3ccccc3C2=O)n1. The van der Waals surface area contributed by atoms with E-state index < -0.39 is 0 Å². The molecule has 2 nitrogen and oxygen atoms in total. The first-order chi connectivity index (χ1) is 9.24. The summed E-state index contributed by atoms with van der Waals surface area (Å²) in [5.41, 5.74) is 4.14. The summed E-state index contributed by atoms with van der Waals surface area (Å²) in [6.07, 6.45) is 2.69. The summed E-state index contributed by atoms with van der Waals surface area (Å²) in [5, 5.41) is 0. The number of rotatable bonds is 2. The molecule has 1 aliphatic rings. The largest absolute Gasteiger partial charge is 0.294 e. The molecule has 1 heterocycles. The van der Waals surface area contributed by atoms with Crippen molar-refractivity contribution in [2.75, 3.05) is 0 Å². The van der Waals surface area contributed by atoms with E-state index in [0.717, 1.165) is 36.2 Å². The Hall–Kier alpha value is -1.96. The number of Topliss-reactive ketones (excluding diaryl/α,β-unsaturated/α-hetero) is 1. The molecule has 0 spiro atoms. The Bertz CT molecular complexity index is 618. The van der Waals surface area contributed by atoms with Crippen LogP contribution in [0.4, 0.5) is 0 Å². The molecule has 1 aromatic carbocycles. The molecular weight excluding hydrogens is 234 g/mol. The van der Waals surface area contributed by atoms with Crippen LogP contribution in [0, 0.1) is 12.8 Å². The lowest BCUT2D eigenvalue weighted by atomic mass is 9.80. The lowest BCUT2D eigenvalue weighted by Gasteiger charge is -2.23. The number of nitrogens with zero attached hydrogens (tertiary/aromatic N) is 1. The van der Waals surface area contributed by atoms with Crippen molar-refractivity contribution in [2.24, 2.45) is 5.92 Å². The van der Waals surface area contributed by atoms with Gasteiger partial charge in [-0.2, -0.15) is 0 Å². The molecule has 19 heavy (non-hydrogen) atoms. The Balaban J connectivity index is 1.83. The van der Waals surface area contributed by atoms with Gasteiger partial charge in [-0.1, -0.05) is 30.3 Å². The average Bonchev–Trinajstić information content (AvgIpc) is 2.42. The van der Waals surface area contributed by atoms with Crippen molar-refractivity contribution in [3.05, 3.63) is 65.0 Å². The number of carbonyl (C=O) groups is 1. The third-order valence-corrected chi connectivity index (χ3v) is 3.82. The molecule has 0 saturated heterocycles. The van der Waals surface area contributed by atoms with E-state index in [4.69, 9.17) is 0 Å². The van der Waals surface area contributed by atoms with Crippen molar-refractivity contribution in [1.29, 1.82) is 0 Å². The van der Waals surface area contributed by atoms with Crippen LogP contribution in [0.25, 0.3) is 0 Å². The fourth-order valence-corrected chi connectivity index (χ4v) is 2.82. The number of benzene rings is 1. The second-order valence-corrected chi connectivity index (χ2v) is 5.23. The van der Waals surface area contributed by atoms with Gasteiger partial charge in [0, 0.05) is 22.9 Å². The van der Waals surface area contributed by atoms with Crippen molar-refractivity contribution >= 4 is 5.78 Å². The predicted molar refractivity (Wildman–Crippen MR) is 75.3 cm³/mol. The third-order valence-electron chi connectivity index (χ3n) is 3.82. The highest BCUT2D eigenvalue weighted by Gasteiger charge is 2.27. The molecule has 0 N–H and O–H groups in total. The van der Waals surface area contributed by atoms with Gasteiger partial charge in [-0.05, 0) is 43.9 Å². The van der Waals surface area contributed by atoms with Crippen molar-refractivity contribution in [2.45, 2.75) is 26.2 Å². The van der Waals surface area contributed by atoms with E-state index in [1.807, 2.05) is 43.3 Å². The van der Waals surface area contributed by atoms with Crippen LogP contribution in [-0.4, -0.2) is 10.8 Å². The fourth-order valence-electron chi connectivity index (χ4n) is 2.82. The zero-order valence-electron chi connectivity index (χ0n) is 11.1. The second kappa shape index (κ2) is 4.96.